The van der Waals surface area contributed by atoms with Crippen LogP contribution < -0.4 is 0 Å². The number of ether oxygens (including phenoxy) is 1. The van der Waals surface area contributed by atoms with Crippen molar-refractivity contribution >= 4 is 21.9 Å². The van der Waals surface area contributed by atoms with E-state index in [1.165, 1.54) is 6.20 Å². The molecule has 5 nitrogen and oxygen atoms in total. The average Bonchev–Trinajstić information content (AvgIpc) is 2.40. The van der Waals surface area contributed by atoms with Gasteiger partial charge in [0.1, 0.15) is 5.60 Å². The summed E-state index contributed by atoms with van der Waals surface area (Å²) in [6.07, 6.45) is 5.21. The molecule has 1 aromatic rings. The van der Waals surface area contributed by atoms with E-state index in [-0.39, 0.29) is 5.69 Å². The molecule has 1 aliphatic rings. The Labute approximate surface area is 120 Å². The van der Waals surface area contributed by atoms with Crippen molar-refractivity contribution in [2.75, 3.05) is 7.11 Å². The maximum absolute atomic E-state index is 11.1. The maximum Gasteiger partial charge on any atom is 0.355 e. The van der Waals surface area contributed by atoms with Gasteiger partial charge in [0.2, 0.25) is 0 Å². The first-order valence-corrected chi connectivity index (χ1v) is 7.09. The third-order valence-corrected chi connectivity index (χ3v) is 4.41. The predicted octanol–water partition coefficient (Wildman–Crippen LogP) is 2.99. The van der Waals surface area contributed by atoms with Crippen LogP contribution in [0.4, 0.5) is 0 Å². The van der Waals surface area contributed by atoms with E-state index in [2.05, 4.69) is 32.8 Å². The molecule has 1 aromatic heterocycles. The second kappa shape index (κ2) is 5.54. The lowest BCUT2D eigenvalue weighted by molar-refractivity contribution is -0.0598. The van der Waals surface area contributed by atoms with Crippen LogP contribution in [0.25, 0.3) is 0 Å². The average molecular weight is 329 g/mol. The molecule has 1 aliphatic carbocycles. The Morgan fingerprint density at radius 2 is 2.16 bits per heavy atom. The summed E-state index contributed by atoms with van der Waals surface area (Å²) in [7, 11) is 1.64. The fraction of sp³-hybridized carbons (Fsp3) is 0.615. The van der Waals surface area contributed by atoms with Crippen LogP contribution in [0, 0.1) is 5.92 Å². The molecule has 1 N–H and O–H groups in total. The third kappa shape index (κ3) is 2.79. The molecule has 1 saturated carbocycles. The summed E-state index contributed by atoms with van der Waals surface area (Å²) in [4.78, 5) is 19.6. The second-order valence-electron chi connectivity index (χ2n) is 5.08. The number of nitrogens with zero attached hydrogens (tertiary/aromatic N) is 2. The number of methoxy groups -OCH3 is 1. The number of hydrogen-bond donors (Lipinski definition) is 1. The van der Waals surface area contributed by atoms with Crippen LogP contribution >= 0.6 is 15.9 Å². The summed E-state index contributed by atoms with van der Waals surface area (Å²) in [6, 6.07) is 0. The first kappa shape index (κ1) is 14.4. The van der Waals surface area contributed by atoms with E-state index in [1.54, 1.807) is 7.11 Å². The third-order valence-electron chi connectivity index (χ3n) is 3.83. The van der Waals surface area contributed by atoms with Crippen LogP contribution in [-0.2, 0) is 10.3 Å². The first-order chi connectivity index (χ1) is 8.98. The number of aromatic nitrogens is 2. The lowest BCUT2D eigenvalue weighted by atomic mass is 9.79. The Kier molecular flexibility index (Phi) is 4.20. The smallest absolute Gasteiger partial charge is 0.355 e. The molecule has 0 bridgehead atoms. The Balaban J connectivity index is 2.39. The van der Waals surface area contributed by atoms with Crippen LogP contribution in [0.15, 0.2) is 10.7 Å². The van der Waals surface area contributed by atoms with E-state index >= 15 is 0 Å². The van der Waals surface area contributed by atoms with Gasteiger partial charge in [-0.1, -0.05) is 6.92 Å². The van der Waals surface area contributed by atoms with E-state index in [4.69, 9.17) is 9.84 Å². The normalized spacial score (nSPS) is 27.2. The molecule has 0 aromatic carbocycles. The fourth-order valence-corrected chi connectivity index (χ4v) is 2.84. The minimum absolute atomic E-state index is 0.0138. The molecule has 0 spiro atoms. The number of carboxylic acids is 1. The van der Waals surface area contributed by atoms with Crippen molar-refractivity contribution in [3.8, 4) is 0 Å². The molecule has 104 valence electrons. The molecular formula is C13H17BrN2O3. The van der Waals surface area contributed by atoms with Crippen LogP contribution in [0.2, 0.25) is 0 Å². The van der Waals surface area contributed by atoms with Crippen molar-refractivity contribution in [3.63, 3.8) is 0 Å². The van der Waals surface area contributed by atoms with Crippen molar-refractivity contribution in [1.29, 1.82) is 0 Å². The fourth-order valence-electron chi connectivity index (χ4n) is 2.48. The summed E-state index contributed by atoms with van der Waals surface area (Å²) >= 11 is 3.16. The zero-order valence-corrected chi connectivity index (χ0v) is 12.6. The van der Waals surface area contributed by atoms with Crippen LogP contribution in [0.1, 0.15) is 48.9 Å². The standard InChI is InChI=1S/C13H17BrN2O3/c1-8-3-5-13(19-2,6-4-8)12-15-7-9(14)10(16-12)11(17)18/h7-8H,3-6H2,1-2H3,(H,17,18). The minimum atomic E-state index is -1.06. The zero-order chi connectivity index (χ0) is 14.0. The van der Waals surface area contributed by atoms with E-state index in [0.29, 0.717) is 16.2 Å². The van der Waals surface area contributed by atoms with Gasteiger partial charge in [-0.15, -0.1) is 0 Å². The number of rotatable bonds is 3. The highest BCUT2D eigenvalue weighted by molar-refractivity contribution is 9.10. The quantitative estimate of drug-likeness (QED) is 0.923. The molecule has 2 rings (SSSR count). The number of aromatic carboxylic acids is 1. The molecule has 0 unspecified atom stereocenters. The van der Waals surface area contributed by atoms with Gasteiger partial charge >= 0.3 is 5.97 Å². The summed E-state index contributed by atoms with van der Waals surface area (Å²) in [5.74, 6) is 0.0751. The molecule has 1 fully saturated rings. The molecule has 1 heterocycles. The Bertz CT molecular complexity index is 485. The van der Waals surface area contributed by atoms with Gasteiger partial charge in [0.05, 0.1) is 4.47 Å². The first-order valence-electron chi connectivity index (χ1n) is 6.30. The number of halogens is 1. The zero-order valence-electron chi connectivity index (χ0n) is 11.0. The molecule has 0 amide bonds. The van der Waals surface area contributed by atoms with Crippen molar-refractivity contribution in [3.05, 3.63) is 22.2 Å². The van der Waals surface area contributed by atoms with Crippen LogP contribution in [0.5, 0.6) is 0 Å². The van der Waals surface area contributed by atoms with E-state index in [0.717, 1.165) is 25.7 Å². The molecule has 0 atom stereocenters. The number of hydrogen-bond acceptors (Lipinski definition) is 4. The van der Waals surface area contributed by atoms with Gasteiger partial charge in [-0.3, -0.25) is 0 Å². The van der Waals surface area contributed by atoms with Gasteiger partial charge in [-0.05, 0) is 47.5 Å². The van der Waals surface area contributed by atoms with Gasteiger partial charge in [0.15, 0.2) is 11.5 Å². The monoisotopic (exact) mass is 328 g/mol. The predicted molar refractivity (Wildman–Crippen MR) is 73.0 cm³/mol. The van der Waals surface area contributed by atoms with Gasteiger partial charge in [0, 0.05) is 13.3 Å². The molecule has 6 heteroatoms. The van der Waals surface area contributed by atoms with Crippen molar-refractivity contribution in [2.45, 2.75) is 38.2 Å². The molecule has 0 aliphatic heterocycles. The lowest BCUT2D eigenvalue weighted by Crippen LogP contribution is -2.35. The largest absolute Gasteiger partial charge is 0.476 e. The van der Waals surface area contributed by atoms with E-state index in [9.17, 15) is 4.79 Å². The SMILES string of the molecule is COC1(c2ncc(Br)c(C(=O)O)n2)CCC(C)CC1. The van der Waals surface area contributed by atoms with Gasteiger partial charge in [-0.2, -0.15) is 0 Å². The number of carboxylic acid groups (broad SMARTS) is 1. The highest BCUT2D eigenvalue weighted by Gasteiger charge is 2.39. The summed E-state index contributed by atoms with van der Waals surface area (Å²) in [5, 5.41) is 9.13. The topological polar surface area (TPSA) is 72.3 Å². The Morgan fingerprint density at radius 3 is 2.68 bits per heavy atom. The molecule has 0 saturated heterocycles. The van der Waals surface area contributed by atoms with Gasteiger partial charge < -0.3 is 9.84 Å². The van der Waals surface area contributed by atoms with Gasteiger partial charge in [-0.25, -0.2) is 14.8 Å². The van der Waals surface area contributed by atoms with Crippen molar-refractivity contribution < 1.29 is 14.6 Å². The molecule has 19 heavy (non-hydrogen) atoms. The minimum Gasteiger partial charge on any atom is -0.476 e. The Hall–Kier alpha value is -1.01. The van der Waals surface area contributed by atoms with Crippen LogP contribution in [-0.4, -0.2) is 28.2 Å². The Morgan fingerprint density at radius 1 is 1.53 bits per heavy atom. The lowest BCUT2D eigenvalue weighted by Gasteiger charge is -2.36. The summed E-state index contributed by atoms with van der Waals surface area (Å²) in [6.45, 7) is 2.21. The highest BCUT2D eigenvalue weighted by Crippen LogP contribution is 2.40. The molecule has 0 radical (unpaired) electrons. The van der Waals surface area contributed by atoms with Crippen LogP contribution in [0.3, 0.4) is 0 Å². The number of carbonyl (C=O) groups is 1. The summed E-state index contributed by atoms with van der Waals surface area (Å²) < 4.78 is 6.04. The summed E-state index contributed by atoms with van der Waals surface area (Å²) in [5.41, 5.74) is -0.558. The van der Waals surface area contributed by atoms with Crippen molar-refractivity contribution in [1.82, 2.24) is 9.97 Å². The van der Waals surface area contributed by atoms with Crippen molar-refractivity contribution in [2.24, 2.45) is 5.92 Å². The van der Waals surface area contributed by atoms with Gasteiger partial charge in [0.25, 0.3) is 0 Å². The highest BCUT2D eigenvalue weighted by atomic mass is 79.9. The molecular weight excluding hydrogens is 312 g/mol. The van der Waals surface area contributed by atoms with E-state index < -0.39 is 11.6 Å². The maximum atomic E-state index is 11.1. The van der Waals surface area contributed by atoms with E-state index in [1.807, 2.05) is 0 Å². The second-order valence-corrected chi connectivity index (χ2v) is 5.93.